The van der Waals surface area contributed by atoms with Crippen LogP contribution < -0.4 is 5.32 Å². The third-order valence-corrected chi connectivity index (χ3v) is 3.40. The average molecular weight is 275 g/mol. The first kappa shape index (κ1) is 14.7. The van der Waals surface area contributed by atoms with Gasteiger partial charge < -0.3 is 5.32 Å². The molecule has 106 valence electrons. The standard InChI is InChI=1S/C17H19F2N/c1-12-9-17(19)8-5-15(12)11-20-13(2)10-14-3-6-16(18)7-4-14/h3-9,13,20H,10-11H2,1-2H3. The largest absolute Gasteiger partial charge is 0.310 e. The Hall–Kier alpha value is -1.74. The second-order valence-corrected chi connectivity index (χ2v) is 5.18. The third-order valence-electron chi connectivity index (χ3n) is 3.40. The maximum Gasteiger partial charge on any atom is 0.123 e. The van der Waals surface area contributed by atoms with Crippen molar-refractivity contribution < 1.29 is 8.78 Å². The fraction of sp³-hybridized carbons (Fsp3) is 0.294. The summed E-state index contributed by atoms with van der Waals surface area (Å²) in [6, 6.07) is 11.7. The molecule has 2 rings (SSSR count). The highest BCUT2D eigenvalue weighted by Crippen LogP contribution is 2.11. The minimum Gasteiger partial charge on any atom is -0.310 e. The molecule has 0 fully saturated rings. The summed E-state index contributed by atoms with van der Waals surface area (Å²) < 4.78 is 25.8. The fourth-order valence-corrected chi connectivity index (χ4v) is 2.19. The van der Waals surface area contributed by atoms with Crippen LogP contribution in [0.25, 0.3) is 0 Å². The number of benzene rings is 2. The van der Waals surface area contributed by atoms with Gasteiger partial charge in [0, 0.05) is 12.6 Å². The van der Waals surface area contributed by atoms with E-state index in [0.29, 0.717) is 6.54 Å². The monoisotopic (exact) mass is 275 g/mol. The van der Waals surface area contributed by atoms with Crippen LogP contribution in [0.3, 0.4) is 0 Å². The van der Waals surface area contributed by atoms with Crippen molar-refractivity contribution in [3.63, 3.8) is 0 Å². The van der Waals surface area contributed by atoms with E-state index in [1.54, 1.807) is 18.2 Å². The van der Waals surface area contributed by atoms with Crippen LogP contribution in [0.4, 0.5) is 8.78 Å². The quantitative estimate of drug-likeness (QED) is 0.870. The van der Waals surface area contributed by atoms with E-state index >= 15 is 0 Å². The Bertz CT molecular complexity index is 564. The van der Waals surface area contributed by atoms with Crippen molar-refractivity contribution >= 4 is 0 Å². The highest BCUT2D eigenvalue weighted by molar-refractivity contribution is 5.26. The van der Waals surface area contributed by atoms with Gasteiger partial charge >= 0.3 is 0 Å². The summed E-state index contributed by atoms with van der Waals surface area (Å²) >= 11 is 0. The van der Waals surface area contributed by atoms with E-state index in [1.165, 1.54) is 18.2 Å². The highest BCUT2D eigenvalue weighted by atomic mass is 19.1. The van der Waals surface area contributed by atoms with E-state index in [4.69, 9.17) is 0 Å². The molecule has 1 N–H and O–H groups in total. The van der Waals surface area contributed by atoms with E-state index in [-0.39, 0.29) is 17.7 Å². The van der Waals surface area contributed by atoms with Crippen molar-refractivity contribution in [3.05, 3.63) is 70.8 Å². The molecule has 0 aliphatic carbocycles. The Morgan fingerprint density at radius 2 is 1.65 bits per heavy atom. The molecule has 2 aromatic carbocycles. The van der Waals surface area contributed by atoms with Gasteiger partial charge in [0.15, 0.2) is 0 Å². The molecule has 0 bridgehead atoms. The lowest BCUT2D eigenvalue weighted by Gasteiger charge is -2.15. The Labute approximate surface area is 118 Å². The molecule has 2 aromatic rings. The lowest BCUT2D eigenvalue weighted by Crippen LogP contribution is -2.27. The fourth-order valence-electron chi connectivity index (χ4n) is 2.19. The summed E-state index contributed by atoms with van der Waals surface area (Å²) in [6.45, 7) is 4.70. The molecule has 1 atom stereocenters. The number of aryl methyl sites for hydroxylation is 1. The van der Waals surface area contributed by atoms with Gasteiger partial charge in [-0.1, -0.05) is 18.2 Å². The van der Waals surface area contributed by atoms with Crippen molar-refractivity contribution in [1.29, 1.82) is 0 Å². The van der Waals surface area contributed by atoms with Gasteiger partial charge in [0.2, 0.25) is 0 Å². The van der Waals surface area contributed by atoms with E-state index in [2.05, 4.69) is 12.2 Å². The molecule has 20 heavy (non-hydrogen) atoms. The molecular formula is C17H19F2N. The first-order valence-electron chi connectivity index (χ1n) is 6.77. The van der Waals surface area contributed by atoms with Crippen LogP contribution in [-0.4, -0.2) is 6.04 Å². The first-order valence-corrected chi connectivity index (χ1v) is 6.77. The number of halogens is 2. The number of nitrogens with one attached hydrogen (secondary N) is 1. The normalized spacial score (nSPS) is 12.4. The molecule has 0 heterocycles. The summed E-state index contributed by atoms with van der Waals surface area (Å²) in [5.41, 5.74) is 3.14. The SMILES string of the molecule is Cc1cc(F)ccc1CNC(C)Cc1ccc(F)cc1. The van der Waals surface area contributed by atoms with Gasteiger partial charge in [0.1, 0.15) is 11.6 Å². The van der Waals surface area contributed by atoms with E-state index in [0.717, 1.165) is 23.1 Å². The Balaban J connectivity index is 1.88. The Morgan fingerprint density at radius 3 is 2.30 bits per heavy atom. The lowest BCUT2D eigenvalue weighted by atomic mass is 10.1. The van der Waals surface area contributed by atoms with Crippen LogP contribution in [0.1, 0.15) is 23.6 Å². The van der Waals surface area contributed by atoms with Crippen LogP contribution >= 0.6 is 0 Å². The molecule has 0 saturated heterocycles. The second-order valence-electron chi connectivity index (χ2n) is 5.18. The van der Waals surface area contributed by atoms with E-state index in [9.17, 15) is 8.78 Å². The minimum atomic E-state index is -0.212. The van der Waals surface area contributed by atoms with Crippen molar-refractivity contribution in [3.8, 4) is 0 Å². The van der Waals surface area contributed by atoms with Gasteiger partial charge in [0.05, 0.1) is 0 Å². The van der Waals surface area contributed by atoms with E-state index < -0.39 is 0 Å². The first-order chi connectivity index (χ1) is 9.54. The lowest BCUT2D eigenvalue weighted by molar-refractivity contribution is 0.542. The molecule has 0 radical (unpaired) electrons. The van der Waals surface area contributed by atoms with Crippen molar-refractivity contribution in [1.82, 2.24) is 5.32 Å². The van der Waals surface area contributed by atoms with Gasteiger partial charge in [-0.2, -0.15) is 0 Å². The summed E-state index contributed by atoms with van der Waals surface area (Å²) in [6.07, 6.45) is 0.834. The van der Waals surface area contributed by atoms with Gasteiger partial charge in [0.25, 0.3) is 0 Å². The Kier molecular flexibility index (Phi) is 4.85. The van der Waals surface area contributed by atoms with Crippen LogP contribution in [-0.2, 0) is 13.0 Å². The zero-order chi connectivity index (χ0) is 14.5. The van der Waals surface area contributed by atoms with Crippen LogP contribution in [0.5, 0.6) is 0 Å². The van der Waals surface area contributed by atoms with Crippen molar-refractivity contribution in [2.75, 3.05) is 0 Å². The molecular weight excluding hydrogens is 256 g/mol. The zero-order valence-electron chi connectivity index (χ0n) is 11.8. The van der Waals surface area contributed by atoms with Crippen LogP contribution in [0.2, 0.25) is 0 Å². The molecule has 0 amide bonds. The van der Waals surface area contributed by atoms with Crippen molar-refractivity contribution in [2.24, 2.45) is 0 Å². The predicted octanol–water partition coefficient (Wildman–Crippen LogP) is 3.99. The summed E-state index contributed by atoms with van der Waals surface area (Å²) in [4.78, 5) is 0. The highest BCUT2D eigenvalue weighted by Gasteiger charge is 2.05. The molecule has 1 nitrogen and oxygen atoms in total. The number of hydrogen-bond donors (Lipinski definition) is 1. The average Bonchev–Trinajstić information content (AvgIpc) is 2.40. The summed E-state index contributed by atoms with van der Waals surface area (Å²) in [7, 11) is 0. The minimum absolute atomic E-state index is 0.203. The van der Waals surface area contributed by atoms with Gasteiger partial charge in [-0.05, 0) is 61.2 Å². The zero-order valence-corrected chi connectivity index (χ0v) is 11.8. The van der Waals surface area contributed by atoms with Crippen LogP contribution in [0, 0.1) is 18.6 Å². The number of hydrogen-bond acceptors (Lipinski definition) is 1. The Morgan fingerprint density at radius 1 is 1.00 bits per heavy atom. The summed E-state index contributed by atoms with van der Waals surface area (Å²) in [5.74, 6) is -0.415. The topological polar surface area (TPSA) is 12.0 Å². The molecule has 0 aliphatic heterocycles. The molecule has 3 heteroatoms. The molecule has 1 unspecified atom stereocenters. The molecule has 0 aromatic heterocycles. The summed E-state index contributed by atoms with van der Waals surface area (Å²) in [5, 5.41) is 3.41. The third kappa shape index (κ3) is 4.14. The molecule has 0 aliphatic rings. The predicted molar refractivity (Wildman–Crippen MR) is 77.5 cm³/mol. The van der Waals surface area contributed by atoms with Gasteiger partial charge in [-0.25, -0.2) is 8.78 Å². The molecule has 0 spiro atoms. The number of rotatable bonds is 5. The smallest absolute Gasteiger partial charge is 0.123 e. The molecule has 0 saturated carbocycles. The van der Waals surface area contributed by atoms with Gasteiger partial charge in [-0.3, -0.25) is 0 Å². The van der Waals surface area contributed by atoms with Crippen LogP contribution in [0.15, 0.2) is 42.5 Å². The maximum absolute atomic E-state index is 13.0. The van der Waals surface area contributed by atoms with E-state index in [1.807, 2.05) is 13.0 Å². The second kappa shape index (κ2) is 6.62. The van der Waals surface area contributed by atoms with Crippen molar-refractivity contribution in [2.45, 2.75) is 32.9 Å². The van der Waals surface area contributed by atoms with Gasteiger partial charge in [-0.15, -0.1) is 0 Å². The maximum atomic E-state index is 13.0.